The summed E-state index contributed by atoms with van der Waals surface area (Å²) < 4.78 is 1.83. The summed E-state index contributed by atoms with van der Waals surface area (Å²) in [7, 11) is 0. The molecular formula is C23H26N4O. The zero-order valence-electron chi connectivity index (χ0n) is 16.4. The first-order valence-electron chi connectivity index (χ1n) is 9.79. The molecule has 4 rings (SSSR count). The van der Waals surface area contributed by atoms with Gasteiger partial charge in [-0.3, -0.25) is 9.69 Å². The molecule has 2 aromatic carbocycles. The van der Waals surface area contributed by atoms with Crippen molar-refractivity contribution < 1.29 is 4.79 Å². The summed E-state index contributed by atoms with van der Waals surface area (Å²) in [5, 5.41) is 7.63. The summed E-state index contributed by atoms with van der Waals surface area (Å²) in [5.41, 5.74) is 4.96. The average Bonchev–Trinajstić information content (AvgIpc) is 3.29. The van der Waals surface area contributed by atoms with Crippen molar-refractivity contribution in [3.8, 4) is 5.69 Å². The maximum Gasteiger partial charge on any atom is 0.255 e. The molecule has 1 aliphatic rings. The van der Waals surface area contributed by atoms with Crippen LogP contribution in [-0.2, 0) is 6.54 Å². The highest BCUT2D eigenvalue weighted by atomic mass is 16.1. The number of nitrogens with one attached hydrogen (secondary N) is 1. The van der Waals surface area contributed by atoms with Crippen LogP contribution in [0.15, 0.2) is 60.8 Å². The van der Waals surface area contributed by atoms with E-state index in [4.69, 9.17) is 0 Å². The van der Waals surface area contributed by atoms with Crippen LogP contribution < -0.4 is 5.32 Å². The Bertz CT molecular complexity index is 964. The van der Waals surface area contributed by atoms with Crippen molar-refractivity contribution in [3.05, 3.63) is 83.2 Å². The molecule has 0 radical (unpaired) electrons. The third kappa shape index (κ3) is 3.99. The van der Waals surface area contributed by atoms with Crippen molar-refractivity contribution in [1.82, 2.24) is 20.0 Å². The molecule has 0 bridgehead atoms. The molecule has 28 heavy (non-hydrogen) atoms. The third-order valence-corrected chi connectivity index (χ3v) is 5.36. The van der Waals surface area contributed by atoms with Gasteiger partial charge in [0.05, 0.1) is 23.1 Å². The number of hydrogen-bond donors (Lipinski definition) is 1. The Morgan fingerprint density at radius 3 is 2.75 bits per heavy atom. The minimum Gasteiger partial charge on any atom is -0.348 e. The van der Waals surface area contributed by atoms with E-state index in [1.54, 1.807) is 6.20 Å². The standard InChI is InChI=1S/C23H26N4O/c1-17-7-6-10-21(13-17)27-18(2)22(14-24-27)23(28)25-20-11-12-26(16-20)15-19-8-4-3-5-9-19/h3-10,13-14,20H,11-12,15-16H2,1-2H3,(H,25,28). The maximum atomic E-state index is 12.8. The van der Waals surface area contributed by atoms with Crippen molar-refractivity contribution in [3.63, 3.8) is 0 Å². The highest BCUT2D eigenvalue weighted by Crippen LogP contribution is 2.17. The largest absolute Gasteiger partial charge is 0.348 e. The molecule has 1 aromatic heterocycles. The van der Waals surface area contributed by atoms with Gasteiger partial charge < -0.3 is 5.32 Å². The lowest BCUT2D eigenvalue weighted by atomic mass is 10.2. The van der Waals surface area contributed by atoms with Crippen LogP contribution in [0.3, 0.4) is 0 Å². The highest BCUT2D eigenvalue weighted by molar-refractivity contribution is 5.95. The number of hydrogen-bond acceptors (Lipinski definition) is 3. The van der Waals surface area contributed by atoms with E-state index >= 15 is 0 Å². The van der Waals surface area contributed by atoms with Crippen LogP contribution in [0.2, 0.25) is 0 Å². The number of likely N-dealkylation sites (tertiary alicyclic amines) is 1. The first kappa shape index (κ1) is 18.4. The van der Waals surface area contributed by atoms with Gasteiger partial charge in [0, 0.05) is 25.7 Å². The molecular weight excluding hydrogens is 348 g/mol. The molecule has 0 saturated carbocycles. The summed E-state index contributed by atoms with van der Waals surface area (Å²) >= 11 is 0. The molecule has 5 nitrogen and oxygen atoms in total. The van der Waals surface area contributed by atoms with Crippen LogP contribution in [0.1, 0.15) is 33.6 Å². The fraction of sp³-hybridized carbons (Fsp3) is 0.304. The fourth-order valence-electron chi connectivity index (χ4n) is 3.85. The minimum atomic E-state index is -0.0389. The molecule has 1 aliphatic heterocycles. The molecule has 0 aliphatic carbocycles. The SMILES string of the molecule is Cc1cccc(-n2ncc(C(=O)NC3CCN(Cc4ccccc4)C3)c2C)c1. The summed E-state index contributed by atoms with van der Waals surface area (Å²) in [4.78, 5) is 15.2. The molecule has 2 heterocycles. The van der Waals surface area contributed by atoms with Gasteiger partial charge in [0.2, 0.25) is 0 Å². The average molecular weight is 374 g/mol. The number of aryl methyl sites for hydroxylation is 1. The van der Waals surface area contributed by atoms with Gasteiger partial charge in [-0.1, -0.05) is 42.5 Å². The predicted octanol–water partition coefficient (Wildman–Crippen LogP) is 3.49. The Morgan fingerprint density at radius 2 is 1.96 bits per heavy atom. The maximum absolute atomic E-state index is 12.8. The van der Waals surface area contributed by atoms with Crippen molar-refractivity contribution in [2.75, 3.05) is 13.1 Å². The zero-order valence-corrected chi connectivity index (χ0v) is 16.4. The van der Waals surface area contributed by atoms with Gasteiger partial charge in [-0.25, -0.2) is 4.68 Å². The van der Waals surface area contributed by atoms with Crippen LogP contribution in [0.25, 0.3) is 5.69 Å². The van der Waals surface area contributed by atoms with E-state index < -0.39 is 0 Å². The quantitative estimate of drug-likeness (QED) is 0.744. The lowest BCUT2D eigenvalue weighted by Gasteiger charge is -2.16. The second kappa shape index (κ2) is 7.98. The lowest BCUT2D eigenvalue weighted by molar-refractivity contribution is 0.0937. The predicted molar refractivity (Wildman–Crippen MR) is 111 cm³/mol. The smallest absolute Gasteiger partial charge is 0.255 e. The van der Waals surface area contributed by atoms with Crippen LogP contribution in [-0.4, -0.2) is 39.7 Å². The van der Waals surface area contributed by atoms with Crippen LogP contribution in [0.4, 0.5) is 0 Å². The van der Waals surface area contributed by atoms with E-state index in [-0.39, 0.29) is 11.9 Å². The molecule has 5 heteroatoms. The third-order valence-electron chi connectivity index (χ3n) is 5.36. The Morgan fingerprint density at radius 1 is 1.14 bits per heavy atom. The fourth-order valence-corrected chi connectivity index (χ4v) is 3.85. The van der Waals surface area contributed by atoms with Gasteiger partial charge in [0.25, 0.3) is 5.91 Å². The zero-order chi connectivity index (χ0) is 19.5. The second-order valence-electron chi connectivity index (χ2n) is 7.57. The summed E-state index contributed by atoms with van der Waals surface area (Å²) in [6, 6.07) is 18.8. The number of aromatic nitrogens is 2. The summed E-state index contributed by atoms with van der Waals surface area (Å²) in [5.74, 6) is -0.0389. The molecule has 1 saturated heterocycles. The van der Waals surface area contributed by atoms with Gasteiger partial charge in [-0.05, 0) is 43.5 Å². The molecule has 0 spiro atoms. The molecule has 1 atom stereocenters. The van der Waals surface area contributed by atoms with E-state index in [1.165, 1.54) is 11.1 Å². The Kier molecular flexibility index (Phi) is 5.26. The Labute approximate surface area is 166 Å². The van der Waals surface area contributed by atoms with E-state index in [2.05, 4.69) is 58.6 Å². The second-order valence-corrected chi connectivity index (χ2v) is 7.57. The number of nitrogens with zero attached hydrogens (tertiary/aromatic N) is 3. The minimum absolute atomic E-state index is 0.0389. The van der Waals surface area contributed by atoms with Gasteiger partial charge in [-0.15, -0.1) is 0 Å². The first-order chi connectivity index (χ1) is 13.6. The summed E-state index contributed by atoms with van der Waals surface area (Å²) in [6.07, 6.45) is 2.65. The Balaban J connectivity index is 1.39. The van der Waals surface area contributed by atoms with E-state index in [9.17, 15) is 4.79 Å². The number of rotatable bonds is 5. The lowest BCUT2D eigenvalue weighted by Crippen LogP contribution is -2.37. The Hall–Kier alpha value is -2.92. The van der Waals surface area contributed by atoms with E-state index in [0.717, 1.165) is 37.4 Å². The van der Waals surface area contributed by atoms with Crippen LogP contribution in [0, 0.1) is 13.8 Å². The van der Waals surface area contributed by atoms with Crippen molar-refractivity contribution in [1.29, 1.82) is 0 Å². The van der Waals surface area contributed by atoms with Gasteiger partial charge in [-0.2, -0.15) is 5.10 Å². The van der Waals surface area contributed by atoms with Crippen molar-refractivity contribution in [2.45, 2.75) is 32.9 Å². The van der Waals surface area contributed by atoms with Crippen molar-refractivity contribution in [2.24, 2.45) is 0 Å². The molecule has 1 amide bonds. The van der Waals surface area contributed by atoms with Crippen molar-refractivity contribution >= 4 is 5.91 Å². The topological polar surface area (TPSA) is 50.2 Å². The molecule has 1 unspecified atom stereocenters. The monoisotopic (exact) mass is 374 g/mol. The molecule has 1 N–H and O–H groups in total. The number of amides is 1. The van der Waals surface area contributed by atoms with Gasteiger partial charge in [0.15, 0.2) is 0 Å². The van der Waals surface area contributed by atoms with Gasteiger partial charge in [0.1, 0.15) is 0 Å². The van der Waals surface area contributed by atoms with Crippen LogP contribution in [0.5, 0.6) is 0 Å². The normalized spacial score (nSPS) is 17.0. The van der Waals surface area contributed by atoms with E-state index in [1.807, 2.05) is 29.8 Å². The molecule has 144 valence electrons. The number of carbonyl (C=O) groups excluding carboxylic acids is 1. The number of carbonyl (C=O) groups is 1. The first-order valence-corrected chi connectivity index (χ1v) is 9.79. The van der Waals surface area contributed by atoms with E-state index in [0.29, 0.717) is 5.56 Å². The highest BCUT2D eigenvalue weighted by Gasteiger charge is 2.25. The van der Waals surface area contributed by atoms with Gasteiger partial charge >= 0.3 is 0 Å². The molecule has 3 aromatic rings. The molecule has 1 fully saturated rings. The number of benzene rings is 2. The van der Waals surface area contributed by atoms with Crippen LogP contribution >= 0.6 is 0 Å². The summed E-state index contributed by atoms with van der Waals surface area (Å²) in [6.45, 7) is 6.81.